The molecule has 0 radical (unpaired) electrons. The standard InChI is InChI=1S/C15H15NO2/c1-11(2)16(10-17)15(18)14-9-5-7-12-6-3-4-8-13(12)14/h3-11H,1-2H3. The summed E-state index contributed by atoms with van der Waals surface area (Å²) in [6, 6.07) is 13.1. The van der Waals surface area contributed by atoms with E-state index >= 15 is 0 Å². The maximum atomic E-state index is 12.3. The van der Waals surface area contributed by atoms with E-state index < -0.39 is 0 Å². The highest BCUT2D eigenvalue weighted by Crippen LogP contribution is 2.20. The van der Waals surface area contributed by atoms with Crippen LogP contribution in [0.25, 0.3) is 10.8 Å². The number of hydrogen-bond acceptors (Lipinski definition) is 2. The molecule has 92 valence electrons. The second-order valence-electron chi connectivity index (χ2n) is 4.44. The number of fused-ring (bicyclic) bond motifs is 1. The van der Waals surface area contributed by atoms with Gasteiger partial charge in [0.2, 0.25) is 6.41 Å². The third-order valence-electron chi connectivity index (χ3n) is 2.92. The molecule has 2 rings (SSSR count). The van der Waals surface area contributed by atoms with Gasteiger partial charge in [0.1, 0.15) is 0 Å². The quantitative estimate of drug-likeness (QED) is 0.775. The van der Waals surface area contributed by atoms with E-state index in [1.807, 2.05) is 50.2 Å². The second-order valence-corrected chi connectivity index (χ2v) is 4.44. The van der Waals surface area contributed by atoms with Gasteiger partial charge in [0.25, 0.3) is 5.91 Å². The second kappa shape index (κ2) is 5.00. The normalized spacial score (nSPS) is 10.6. The van der Waals surface area contributed by atoms with Gasteiger partial charge in [-0.3, -0.25) is 14.5 Å². The highest BCUT2D eigenvalue weighted by atomic mass is 16.2. The molecule has 18 heavy (non-hydrogen) atoms. The molecule has 2 amide bonds. The fourth-order valence-corrected chi connectivity index (χ4v) is 1.96. The van der Waals surface area contributed by atoms with E-state index in [4.69, 9.17) is 0 Å². The first-order chi connectivity index (χ1) is 8.65. The lowest BCUT2D eigenvalue weighted by Gasteiger charge is -2.20. The highest BCUT2D eigenvalue weighted by Gasteiger charge is 2.19. The minimum Gasteiger partial charge on any atom is -0.279 e. The van der Waals surface area contributed by atoms with E-state index in [1.165, 1.54) is 4.90 Å². The largest absolute Gasteiger partial charge is 0.279 e. The van der Waals surface area contributed by atoms with E-state index in [0.29, 0.717) is 12.0 Å². The summed E-state index contributed by atoms with van der Waals surface area (Å²) in [5.74, 6) is -0.253. The molecular weight excluding hydrogens is 226 g/mol. The Morgan fingerprint density at radius 3 is 2.44 bits per heavy atom. The molecule has 0 aliphatic heterocycles. The van der Waals surface area contributed by atoms with Gasteiger partial charge < -0.3 is 0 Å². The molecule has 0 heterocycles. The molecule has 0 N–H and O–H groups in total. The van der Waals surface area contributed by atoms with Crippen LogP contribution >= 0.6 is 0 Å². The van der Waals surface area contributed by atoms with Crippen molar-refractivity contribution in [3.05, 3.63) is 48.0 Å². The molecule has 0 spiro atoms. The molecular formula is C15H15NO2. The number of carbonyl (C=O) groups excluding carboxylic acids is 2. The minimum atomic E-state index is -0.253. The fraction of sp³-hybridized carbons (Fsp3) is 0.200. The van der Waals surface area contributed by atoms with Crippen molar-refractivity contribution in [2.75, 3.05) is 0 Å². The minimum absolute atomic E-state index is 0.144. The maximum absolute atomic E-state index is 12.3. The lowest BCUT2D eigenvalue weighted by molar-refractivity contribution is -0.117. The zero-order valence-electron chi connectivity index (χ0n) is 10.5. The van der Waals surface area contributed by atoms with Crippen molar-refractivity contribution in [3.63, 3.8) is 0 Å². The molecule has 0 aliphatic carbocycles. The van der Waals surface area contributed by atoms with Gasteiger partial charge in [-0.25, -0.2) is 0 Å². The monoisotopic (exact) mass is 241 g/mol. The predicted molar refractivity (Wildman–Crippen MR) is 71.3 cm³/mol. The average molecular weight is 241 g/mol. The van der Waals surface area contributed by atoms with E-state index in [1.54, 1.807) is 6.07 Å². The fourth-order valence-electron chi connectivity index (χ4n) is 1.96. The summed E-state index contributed by atoms with van der Waals surface area (Å²) in [5, 5.41) is 1.87. The number of benzene rings is 2. The lowest BCUT2D eigenvalue weighted by Crippen LogP contribution is -2.35. The number of nitrogens with zero attached hydrogens (tertiary/aromatic N) is 1. The summed E-state index contributed by atoms with van der Waals surface area (Å²) in [6.07, 6.45) is 0.592. The third kappa shape index (κ3) is 2.12. The summed E-state index contributed by atoms with van der Waals surface area (Å²) in [4.78, 5) is 24.5. The molecule has 3 heteroatoms. The molecule has 0 atom stereocenters. The van der Waals surface area contributed by atoms with E-state index in [9.17, 15) is 9.59 Å². The van der Waals surface area contributed by atoms with Gasteiger partial charge >= 0.3 is 0 Å². The van der Waals surface area contributed by atoms with Crippen LogP contribution in [0.5, 0.6) is 0 Å². The number of rotatable bonds is 3. The zero-order valence-corrected chi connectivity index (χ0v) is 10.5. The Kier molecular flexibility index (Phi) is 3.42. The zero-order chi connectivity index (χ0) is 13.1. The number of carbonyl (C=O) groups is 2. The van der Waals surface area contributed by atoms with Gasteiger partial charge in [0.15, 0.2) is 0 Å². The predicted octanol–water partition coefficient (Wildman–Crippen LogP) is 2.85. The number of amides is 2. The van der Waals surface area contributed by atoms with Gasteiger partial charge in [0, 0.05) is 11.6 Å². The van der Waals surface area contributed by atoms with Gasteiger partial charge in [-0.05, 0) is 30.7 Å². The number of hydrogen-bond donors (Lipinski definition) is 0. The van der Waals surface area contributed by atoms with E-state index in [-0.39, 0.29) is 11.9 Å². The summed E-state index contributed by atoms with van der Waals surface area (Å²) in [6.45, 7) is 3.63. The van der Waals surface area contributed by atoms with Crippen LogP contribution in [0.15, 0.2) is 42.5 Å². The van der Waals surface area contributed by atoms with Gasteiger partial charge in [0.05, 0.1) is 0 Å². The van der Waals surface area contributed by atoms with Crippen molar-refractivity contribution in [1.29, 1.82) is 0 Å². The van der Waals surface area contributed by atoms with Crippen molar-refractivity contribution in [3.8, 4) is 0 Å². The van der Waals surface area contributed by atoms with Crippen LogP contribution in [0.1, 0.15) is 24.2 Å². The smallest absolute Gasteiger partial charge is 0.261 e. The third-order valence-corrected chi connectivity index (χ3v) is 2.92. The van der Waals surface area contributed by atoms with Crippen molar-refractivity contribution in [2.45, 2.75) is 19.9 Å². The molecule has 0 aliphatic rings. The Hall–Kier alpha value is -2.16. The Bertz CT molecular complexity index is 585. The Morgan fingerprint density at radius 2 is 1.78 bits per heavy atom. The number of imide groups is 1. The van der Waals surface area contributed by atoms with E-state index in [0.717, 1.165) is 10.8 Å². The topological polar surface area (TPSA) is 37.4 Å². The first kappa shape index (κ1) is 12.3. The Morgan fingerprint density at radius 1 is 1.11 bits per heavy atom. The van der Waals surface area contributed by atoms with Crippen LogP contribution in [0, 0.1) is 0 Å². The average Bonchev–Trinajstić information content (AvgIpc) is 2.38. The molecule has 0 saturated carbocycles. The van der Waals surface area contributed by atoms with Crippen LogP contribution < -0.4 is 0 Å². The van der Waals surface area contributed by atoms with Crippen molar-refractivity contribution in [1.82, 2.24) is 4.90 Å². The molecule has 0 bridgehead atoms. The van der Waals surface area contributed by atoms with Crippen LogP contribution in [0.4, 0.5) is 0 Å². The molecule has 2 aromatic carbocycles. The van der Waals surface area contributed by atoms with Crippen molar-refractivity contribution < 1.29 is 9.59 Å². The van der Waals surface area contributed by atoms with Gasteiger partial charge in [-0.1, -0.05) is 36.4 Å². The molecule has 0 fully saturated rings. The molecule has 0 saturated heterocycles. The Balaban J connectivity index is 2.54. The summed E-state index contributed by atoms with van der Waals surface area (Å²) in [7, 11) is 0. The first-order valence-electron chi connectivity index (χ1n) is 5.91. The summed E-state index contributed by atoms with van der Waals surface area (Å²) < 4.78 is 0. The summed E-state index contributed by atoms with van der Waals surface area (Å²) >= 11 is 0. The molecule has 0 aromatic heterocycles. The highest BCUT2D eigenvalue weighted by molar-refractivity contribution is 6.09. The Labute approximate surface area is 106 Å². The van der Waals surface area contributed by atoms with Crippen molar-refractivity contribution >= 4 is 23.1 Å². The van der Waals surface area contributed by atoms with Crippen LogP contribution in [0.3, 0.4) is 0 Å². The lowest BCUT2D eigenvalue weighted by atomic mass is 10.0. The van der Waals surface area contributed by atoms with Crippen LogP contribution in [0.2, 0.25) is 0 Å². The molecule has 2 aromatic rings. The van der Waals surface area contributed by atoms with E-state index in [2.05, 4.69) is 0 Å². The van der Waals surface area contributed by atoms with Gasteiger partial charge in [-0.2, -0.15) is 0 Å². The first-order valence-corrected chi connectivity index (χ1v) is 5.91. The molecule has 3 nitrogen and oxygen atoms in total. The van der Waals surface area contributed by atoms with Gasteiger partial charge in [-0.15, -0.1) is 0 Å². The summed E-state index contributed by atoms with van der Waals surface area (Å²) in [5.41, 5.74) is 0.564. The maximum Gasteiger partial charge on any atom is 0.261 e. The molecule has 0 unspecified atom stereocenters. The van der Waals surface area contributed by atoms with Crippen molar-refractivity contribution in [2.24, 2.45) is 0 Å². The van der Waals surface area contributed by atoms with Crippen LogP contribution in [-0.4, -0.2) is 23.3 Å². The van der Waals surface area contributed by atoms with Crippen LogP contribution in [-0.2, 0) is 4.79 Å². The SMILES string of the molecule is CC(C)N(C=O)C(=O)c1cccc2ccccc12.